The van der Waals surface area contributed by atoms with E-state index in [1.165, 1.54) is 24.1 Å². The van der Waals surface area contributed by atoms with Gasteiger partial charge >= 0.3 is 6.03 Å². The van der Waals surface area contributed by atoms with Crippen molar-refractivity contribution in [3.05, 3.63) is 35.7 Å². The number of benzene rings is 1. The van der Waals surface area contributed by atoms with Gasteiger partial charge in [-0.15, -0.1) is 0 Å². The number of hydrogen-bond donors (Lipinski definition) is 2. The number of carbonyl (C=O) groups is 1. The van der Waals surface area contributed by atoms with Crippen molar-refractivity contribution in [3.63, 3.8) is 0 Å². The second-order valence-corrected chi connectivity index (χ2v) is 6.00. The van der Waals surface area contributed by atoms with Gasteiger partial charge in [-0.3, -0.25) is 4.68 Å². The van der Waals surface area contributed by atoms with Crippen LogP contribution in [0.25, 0.3) is 0 Å². The third kappa shape index (κ3) is 3.02. The van der Waals surface area contributed by atoms with E-state index < -0.39 is 0 Å². The van der Waals surface area contributed by atoms with Crippen molar-refractivity contribution in [1.29, 1.82) is 0 Å². The molecule has 7 nitrogen and oxygen atoms in total. The van der Waals surface area contributed by atoms with Crippen molar-refractivity contribution in [1.82, 2.24) is 15.1 Å². The lowest BCUT2D eigenvalue weighted by Gasteiger charge is -2.14. The number of ether oxygens (including phenoxy) is 2. The van der Waals surface area contributed by atoms with Crippen molar-refractivity contribution >= 4 is 11.7 Å². The molecule has 0 bridgehead atoms. The molecule has 1 aliphatic carbocycles. The monoisotopic (exact) mass is 328 g/mol. The second-order valence-electron chi connectivity index (χ2n) is 6.00. The summed E-state index contributed by atoms with van der Waals surface area (Å²) in [6.45, 7) is 1.44. The molecule has 2 aliphatic rings. The Morgan fingerprint density at radius 2 is 2.08 bits per heavy atom. The van der Waals surface area contributed by atoms with Crippen LogP contribution in [0.3, 0.4) is 0 Å². The molecule has 2 aromatic rings. The molecule has 7 heteroatoms. The third-order valence-corrected chi connectivity index (χ3v) is 4.38. The Bertz CT molecular complexity index is 756. The summed E-state index contributed by atoms with van der Waals surface area (Å²) in [6, 6.07) is 5.09. The van der Waals surface area contributed by atoms with Gasteiger partial charge in [0.25, 0.3) is 0 Å². The van der Waals surface area contributed by atoms with Crippen molar-refractivity contribution < 1.29 is 14.3 Å². The van der Waals surface area contributed by atoms with Crippen LogP contribution in [0.15, 0.2) is 24.4 Å². The Hall–Kier alpha value is -2.70. The summed E-state index contributed by atoms with van der Waals surface area (Å²) in [6.07, 6.45) is 6.62. The van der Waals surface area contributed by atoms with E-state index >= 15 is 0 Å². The van der Waals surface area contributed by atoms with Gasteiger partial charge in [0.1, 0.15) is 0 Å². The Morgan fingerprint density at radius 1 is 1.21 bits per heavy atom. The van der Waals surface area contributed by atoms with E-state index in [2.05, 4.69) is 15.7 Å². The number of amides is 2. The number of anilines is 1. The second kappa shape index (κ2) is 6.43. The van der Waals surface area contributed by atoms with Crippen molar-refractivity contribution in [2.45, 2.75) is 32.2 Å². The molecular weight excluding hydrogens is 308 g/mol. The van der Waals surface area contributed by atoms with E-state index in [1.54, 1.807) is 18.2 Å². The number of aryl methyl sites for hydroxylation is 1. The minimum atomic E-state index is -0.241. The van der Waals surface area contributed by atoms with Crippen LogP contribution in [-0.4, -0.2) is 29.1 Å². The van der Waals surface area contributed by atoms with Gasteiger partial charge in [-0.2, -0.15) is 5.10 Å². The molecular formula is C17H20N4O3. The standard InChI is InChI=1S/C17H20N4O3/c22-17(20-13-5-6-15-16(9-13)24-11-23-15)18-7-8-21-14-4-2-1-3-12(14)10-19-21/h5-6,9-10H,1-4,7-8,11H2,(H2,18,20,22). The van der Waals surface area contributed by atoms with Gasteiger partial charge in [0, 0.05) is 24.0 Å². The molecule has 0 saturated heterocycles. The van der Waals surface area contributed by atoms with Crippen LogP contribution in [0.5, 0.6) is 11.5 Å². The average molecular weight is 328 g/mol. The maximum absolute atomic E-state index is 12.0. The quantitative estimate of drug-likeness (QED) is 0.903. The molecule has 4 rings (SSSR count). The predicted octanol–water partition coefficient (Wildman–Crippen LogP) is 2.31. The molecule has 0 fully saturated rings. The lowest BCUT2D eigenvalue weighted by molar-refractivity contribution is 0.174. The zero-order valence-electron chi connectivity index (χ0n) is 13.4. The Morgan fingerprint density at radius 3 is 3.04 bits per heavy atom. The van der Waals surface area contributed by atoms with E-state index in [0.29, 0.717) is 30.3 Å². The lowest BCUT2D eigenvalue weighted by Crippen LogP contribution is -2.32. The number of carbonyl (C=O) groups excluding carboxylic acids is 1. The van der Waals surface area contributed by atoms with E-state index in [9.17, 15) is 4.79 Å². The highest BCUT2D eigenvalue weighted by Gasteiger charge is 2.15. The summed E-state index contributed by atoms with van der Waals surface area (Å²) >= 11 is 0. The highest BCUT2D eigenvalue weighted by molar-refractivity contribution is 5.89. The van der Waals surface area contributed by atoms with E-state index in [-0.39, 0.29) is 12.8 Å². The molecule has 0 radical (unpaired) electrons. The topological polar surface area (TPSA) is 77.4 Å². The summed E-state index contributed by atoms with van der Waals surface area (Å²) in [5.74, 6) is 1.35. The molecule has 0 saturated carbocycles. The Labute approximate surface area is 139 Å². The minimum absolute atomic E-state index is 0.221. The van der Waals surface area contributed by atoms with E-state index in [0.717, 1.165) is 12.8 Å². The number of aromatic nitrogens is 2. The molecule has 0 atom stereocenters. The third-order valence-electron chi connectivity index (χ3n) is 4.38. The van der Waals surface area contributed by atoms with Crippen molar-refractivity contribution in [2.75, 3.05) is 18.7 Å². The fraction of sp³-hybridized carbons (Fsp3) is 0.412. The molecule has 1 aromatic heterocycles. The predicted molar refractivity (Wildman–Crippen MR) is 88.5 cm³/mol. The van der Waals surface area contributed by atoms with Gasteiger partial charge in [0.2, 0.25) is 6.79 Å². The number of nitrogens with zero attached hydrogens (tertiary/aromatic N) is 2. The van der Waals surface area contributed by atoms with Crippen LogP contribution in [-0.2, 0) is 19.4 Å². The molecule has 24 heavy (non-hydrogen) atoms. The maximum Gasteiger partial charge on any atom is 0.319 e. The Kier molecular flexibility index (Phi) is 3.98. The first-order valence-electron chi connectivity index (χ1n) is 8.28. The molecule has 2 amide bonds. The lowest BCUT2D eigenvalue weighted by atomic mass is 9.98. The molecule has 2 N–H and O–H groups in total. The Balaban J connectivity index is 1.28. The number of fused-ring (bicyclic) bond motifs is 2. The smallest absolute Gasteiger partial charge is 0.319 e. The molecule has 126 valence electrons. The molecule has 2 heterocycles. The van der Waals surface area contributed by atoms with Gasteiger partial charge in [-0.05, 0) is 43.4 Å². The maximum atomic E-state index is 12.0. The molecule has 1 aliphatic heterocycles. The van der Waals surface area contributed by atoms with Crippen molar-refractivity contribution in [2.24, 2.45) is 0 Å². The first kappa shape index (κ1) is 14.9. The largest absolute Gasteiger partial charge is 0.454 e. The van der Waals surface area contributed by atoms with Crippen LogP contribution in [0.1, 0.15) is 24.1 Å². The highest BCUT2D eigenvalue weighted by atomic mass is 16.7. The summed E-state index contributed by atoms with van der Waals surface area (Å²) in [7, 11) is 0. The summed E-state index contributed by atoms with van der Waals surface area (Å²) in [4.78, 5) is 12.0. The van der Waals surface area contributed by atoms with Crippen LogP contribution < -0.4 is 20.1 Å². The number of nitrogens with one attached hydrogen (secondary N) is 2. The van der Waals surface area contributed by atoms with Crippen LogP contribution >= 0.6 is 0 Å². The normalized spacial score (nSPS) is 15.0. The fourth-order valence-electron chi connectivity index (χ4n) is 3.17. The van der Waals surface area contributed by atoms with Crippen molar-refractivity contribution in [3.8, 4) is 11.5 Å². The van der Waals surface area contributed by atoms with Gasteiger partial charge in [0.15, 0.2) is 11.5 Å². The number of urea groups is 1. The minimum Gasteiger partial charge on any atom is -0.454 e. The first-order valence-corrected chi connectivity index (χ1v) is 8.28. The summed E-state index contributed by atoms with van der Waals surface area (Å²) in [5, 5.41) is 10.1. The SMILES string of the molecule is O=C(NCCn1ncc2c1CCCC2)Nc1ccc2c(c1)OCO2. The number of rotatable bonds is 4. The zero-order chi connectivity index (χ0) is 16.4. The van der Waals surface area contributed by atoms with Gasteiger partial charge in [-0.1, -0.05) is 0 Å². The van der Waals surface area contributed by atoms with Gasteiger partial charge in [0.05, 0.1) is 12.7 Å². The van der Waals surface area contributed by atoms with Gasteiger partial charge in [-0.25, -0.2) is 4.79 Å². The summed E-state index contributed by atoms with van der Waals surface area (Å²) in [5.41, 5.74) is 3.35. The molecule has 1 aromatic carbocycles. The van der Waals surface area contributed by atoms with E-state index in [4.69, 9.17) is 9.47 Å². The zero-order valence-corrected chi connectivity index (χ0v) is 13.4. The summed E-state index contributed by atoms with van der Waals surface area (Å²) < 4.78 is 12.6. The van der Waals surface area contributed by atoms with Crippen LogP contribution in [0.2, 0.25) is 0 Å². The first-order chi connectivity index (χ1) is 11.8. The van der Waals surface area contributed by atoms with E-state index in [1.807, 2.05) is 10.9 Å². The molecule has 0 spiro atoms. The fourth-order valence-corrected chi connectivity index (χ4v) is 3.17. The molecule has 0 unspecified atom stereocenters. The van der Waals surface area contributed by atoms with Gasteiger partial charge < -0.3 is 20.1 Å². The average Bonchev–Trinajstić information content (AvgIpc) is 3.21. The number of hydrogen-bond acceptors (Lipinski definition) is 4. The van der Waals surface area contributed by atoms with Crippen LogP contribution in [0.4, 0.5) is 10.5 Å². The highest BCUT2D eigenvalue weighted by Crippen LogP contribution is 2.34. The van der Waals surface area contributed by atoms with Crippen LogP contribution in [0, 0.1) is 0 Å².